The van der Waals surface area contributed by atoms with E-state index in [1.54, 1.807) is 6.08 Å². The van der Waals surface area contributed by atoms with Crippen molar-refractivity contribution >= 4 is 61.9 Å². The van der Waals surface area contributed by atoms with Gasteiger partial charge in [0.05, 0.1) is 22.2 Å². The number of hydrogen-bond donors (Lipinski definition) is 0. The molecule has 9 aromatic rings. The summed E-state index contributed by atoms with van der Waals surface area (Å²) in [7, 11) is 0. The van der Waals surface area contributed by atoms with Crippen molar-refractivity contribution in [1.29, 1.82) is 0 Å². The Morgan fingerprint density at radius 2 is 1.44 bits per heavy atom. The van der Waals surface area contributed by atoms with Gasteiger partial charge < -0.3 is 13.4 Å². The van der Waals surface area contributed by atoms with Crippen molar-refractivity contribution in [2.45, 2.75) is 6.92 Å². The molecule has 0 aliphatic heterocycles. The monoisotopic (exact) mass is 581 g/mol. The largest absolute Gasteiger partial charge is 0.456 e. The van der Waals surface area contributed by atoms with Crippen LogP contribution in [0.4, 0.5) is 0 Å². The van der Waals surface area contributed by atoms with Crippen molar-refractivity contribution in [1.82, 2.24) is 14.0 Å². The second-order valence-electron chi connectivity index (χ2n) is 11.2. The molecular weight excluding hydrogens is 554 g/mol. The SMILES string of the molecule is C=C/C=c1/oc2ccc(-n3c4ccccc4c4cc(-c5nc6oc7ccccc7n6c5-c5ccccc5)ccc43)cc2/c1=C/C. The van der Waals surface area contributed by atoms with Gasteiger partial charge in [-0.15, -0.1) is 0 Å². The molecule has 214 valence electrons. The van der Waals surface area contributed by atoms with Crippen LogP contribution in [0.3, 0.4) is 0 Å². The van der Waals surface area contributed by atoms with Gasteiger partial charge in [-0.25, -0.2) is 0 Å². The van der Waals surface area contributed by atoms with Crippen molar-refractivity contribution < 1.29 is 8.83 Å². The average molecular weight is 582 g/mol. The highest BCUT2D eigenvalue weighted by Gasteiger charge is 2.22. The maximum Gasteiger partial charge on any atom is 0.307 e. The Morgan fingerprint density at radius 1 is 0.667 bits per heavy atom. The summed E-state index contributed by atoms with van der Waals surface area (Å²) in [5.74, 6) is 0.581. The third-order valence-electron chi connectivity index (χ3n) is 8.70. The Labute approximate surface area is 257 Å². The number of oxazole rings is 1. The van der Waals surface area contributed by atoms with Crippen LogP contribution in [0.1, 0.15) is 6.92 Å². The number of nitrogens with zero attached hydrogens (tertiary/aromatic N) is 3. The molecule has 9 rings (SSSR count). The van der Waals surface area contributed by atoms with Gasteiger partial charge in [-0.3, -0.25) is 4.40 Å². The highest BCUT2D eigenvalue weighted by molar-refractivity contribution is 6.11. The van der Waals surface area contributed by atoms with Gasteiger partial charge >= 0.3 is 5.84 Å². The number of benzene rings is 5. The molecule has 0 saturated carbocycles. The quantitative estimate of drug-likeness (QED) is 0.208. The molecule has 5 aromatic carbocycles. The Balaban J connectivity index is 1.31. The third-order valence-corrected chi connectivity index (χ3v) is 8.70. The molecule has 4 heterocycles. The molecule has 0 aliphatic rings. The molecule has 0 atom stereocenters. The van der Waals surface area contributed by atoms with E-state index < -0.39 is 0 Å². The average Bonchev–Trinajstić information content (AvgIpc) is 3.82. The molecule has 0 amide bonds. The van der Waals surface area contributed by atoms with E-state index in [1.165, 1.54) is 5.39 Å². The summed E-state index contributed by atoms with van der Waals surface area (Å²) >= 11 is 0. The van der Waals surface area contributed by atoms with Crippen LogP contribution >= 0.6 is 0 Å². The van der Waals surface area contributed by atoms with Crippen LogP contribution < -0.4 is 10.6 Å². The van der Waals surface area contributed by atoms with Crippen LogP contribution in [0.5, 0.6) is 0 Å². The first-order chi connectivity index (χ1) is 22.2. The predicted molar refractivity (Wildman–Crippen MR) is 184 cm³/mol. The van der Waals surface area contributed by atoms with Crippen molar-refractivity contribution in [2.24, 2.45) is 0 Å². The zero-order chi connectivity index (χ0) is 30.1. The highest BCUT2D eigenvalue weighted by atomic mass is 16.4. The van der Waals surface area contributed by atoms with E-state index in [2.05, 4.69) is 113 Å². The van der Waals surface area contributed by atoms with Crippen LogP contribution in [-0.2, 0) is 0 Å². The van der Waals surface area contributed by atoms with Crippen LogP contribution in [0, 0.1) is 0 Å². The number of hydrogen-bond acceptors (Lipinski definition) is 3. The summed E-state index contributed by atoms with van der Waals surface area (Å²) in [5.41, 5.74) is 10.8. The molecule has 4 aromatic heterocycles. The fourth-order valence-corrected chi connectivity index (χ4v) is 6.77. The van der Waals surface area contributed by atoms with E-state index in [0.29, 0.717) is 5.84 Å². The van der Waals surface area contributed by atoms with Crippen molar-refractivity contribution in [3.8, 4) is 28.2 Å². The van der Waals surface area contributed by atoms with Gasteiger partial charge in [-0.1, -0.05) is 85.5 Å². The summed E-state index contributed by atoms with van der Waals surface area (Å²) in [6.45, 7) is 5.90. The molecule has 0 saturated heterocycles. The van der Waals surface area contributed by atoms with Crippen LogP contribution in [-0.4, -0.2) is 14.0 Å². The minimum Gasteiger partial charge on any atom is -0.456 e. The predicted octanol–water partition coefficient (Wildman–Crippen LogP) is 9.02. The lowest BCUT2D eigenvalue weighted by Crippen LogP contribution is -2.18. The molecule has 0 bridgehead atoms. The van der Waals surface area contributed by atoms with E-state index in [9.17, 15) is 0 Å². The maximum atomic E-state index is 6.24. The van der Waals surface area contributed by atoms with Crippen LogP contribution in [0.2, 0.25) is 0 Å². The fourth-order valence-electron chi connectivity index (χ4n) is 6.77. The number of aromatic nitrogens is 3. The lowest BCUT2D eigenvalue weighted by molar-refractivity contribution is 0.575. The Hall–Kier alpha value is -6.07. The minimum absolute atomic E-state index is 0.581. The molecule has 0 radical (unpaired) electrons. The molecule has 5 nitrogen and oxygen atoms in total. The molecular formula is C40H27N3O2. The summed E-state index contributed by atoms with van der Waals surface area (Å²) in [4.78, 5) is 5.08. The Bertz CT molecular complexity index is 2740. The second-order valence-corrected chi connectivity index (χ2v) is 11.2. The molecule has 0 unspecified atom stereocenters. The zero-order valence-electron chi connectivity index (χ0n) is 24.6. The number of rotatable bonds is 4. The molecule has 0 aliphatic carbocycles. The van der Waals surface area contributed by atoms with Gasteiger partial charge in [-0.2, -0.15) is 4.98 Å². The Kier molecular flexibility index (Phi) is 5.50. The molecule has 0 spiro atoms. The molecule has 45 heavy (non-hydrogen) atoms. The van der Waals surface area contributed by atoms with Crippen molar-refractivity contribution in [3.05, 3.63) is 139 Å². The fraction of sp³-hybridized carbons (Fsp3) is 0.0250. The van der Waals surface area contributed by atoms with Gasteiger partial charge in [0.1, 0.15) is 16.7 Å². The molecule has 5 heteroatoms. The Morgan fingerprint density at radius 3 is 2.29 bits per heavy atom. The normalized spacial score (nSPS) is 12.9. The standard InChI is InChI=1S/C40H27N3O2/c1-3-12-35-28(4-2)31-24-27(20-22-36(31)44-35)42-32-16-9-8-15-29(32)30-23-26(19-21-33(30)42)38-39(25-13-6-5-7-14-25)43-34-17-10-11-18-37(34)45-40(43)41-38/h3-24H,1H2,2H3/b28-4-,35-12+. The van der Waals surface area contributed by atoms with Crippen LogP contribution in [0.15, 0.2) is 137 Å². The van der Waals surface area contributed by atoms with E-state index >= 15 is 0 Å². The van der Waals surface area contributed by atoms with Crippen molar-refractivity contribution in [3.63, 3.8) is 0 Å². The highest BCUT2D eigenvalue weighted by Crippen LogP contribution is 2.39. The van der Waals surface area contributed by atoms with Gasteiger partial charge in [-0.05, 0) is 61.5 Å². The topological polar surface area (TPSA) is 48.5 Å². The summed E-state index contributed by atoms with van der Waals surface area (Å²) in [5, 5.41) is 4.48. The second kappa shape index (κ2) is 9.73. The zero-order valence-corrected chi connectivity index (χ0v) is 24.6. The van der Waals surface area contributed by atoms with Gasteiger partial charge in [0.25, 0.3) is 0 Å². The first-order valence-electron chi connectivity index (χ1n) is 15.0. The van der Waals surface area contributed by atoms with E-state index in [4.69, 9.17) is 13.8 Å². The lowest BCUT2D eigenvalue weighted by atomic mass is 10.0. The lowest BCUT2D eigenvalue weighted by Gasteiger charge is -2.09. The smallest absolute Gasteiger partial charge is 0.307 e. The number of furan rings is 1. The first-order valence-corrected chi connectivity index (χ1v) is 15.0. The molecule has 0 fully saturated rings. The number of allylic oxidation sites excluding steroid dienone is 1. The maximum absolute atomic E-state index is 6.24. The number of imidazole rings is 1. The van der Waals surface area contributed by atoms with E-state index in [-0.39, 0.29) is 0 Å². The van der Waals surface area contributed by atoms with Crippen molar-refractivity contribution in [2.75, 3.05) is 0 Å². The molecule has 0 N–H and O–H groups in total. The summed E-state index contributed by atoms with van der Waals surface area (Å²) in [6.07, 6.45) is 5.77. The number of para-hydroxylation sites is 3. The third kappa shape index (κ3) is 3.71. The van der Waals surface area contributed by atoms with E-state index in [0.717, 1.165) is 77.3 Å². The summed E-state index contributed by atoms with van der Waals surface area (Å²) in [6, 6.07) is 40.2. The first kappa shape index (κ1) is 25.4. The summed E-state index contributed by atoms with van der Waals surface area (Å²) < 4.78 is 16.9. The van der Waals surface area contributed by atoms with E-state index in [1.807, 2.05) is 37.3 Å². The number of fused-ring (bicyclic) bond motifs is 7. The van der Waals surface area contributed by atoms with Crippen LogP contribution in [0.25, 0.3) is 90.1 Å². The minimum atomic E-state index is 0.581. The van der Waals surface area contributed by atoms with Gasteiger partial charge in [0, 0.05) is 38.2 Å². The van der Waals surface area contributed by atoms with Gasteiger partial charge in [0.15, 0.2) is 5.58 Å². The van der Waals surface area contributed by atoms with Gasteiger partial charge in [0.2, 0.25) is 0 Å².